The lowest BCUT2D eigenvalue weighted by molar-refractivity contribution is 0.624. The molecule has 0 radical (unpaired) electrons. The molecule has 1 aromatic rings. The molecule has 0 aliphatic rings. The molecule has 1 atom stereocenters. The zero-order chi connectivity index (χ0) is 10.6. The first-order chi connectivity index (χ1) is 6.59. The topological polar surface area (TPSA) is 26.0 Å². The first-order valence-electron chi connectivity index (χ1n) is 4.79. The minimum Gasteiger partial charge on any atom is -0.328 e. The number of nitrogens with two attached hydrogens (primary N) is 1. The van der Waals surface area contributed by atoms with Gasteiger partial charge in [-0.05, 0) is 43.9 Å². The van der Waals surface area contributed by atoms with Gasteiger partial charge in [0.05, 0.1) is 10.0 Å². The molecule has 0 heterocycles. The molecule has 0 amide bonds. The Bertz CT molecular complexity index is 297. The third-order valence-corrected chi connectivity index (χ3v) is 2.85. The van der Waals surface area contributed by atoms with E-state index in [-0.39, 0.29) is 6.04 Å². The van der Waals surface area contributed by atoms with Gasteiger partial charge < -0.3 is 5.73 Å². The van der Waals surface area contributed by atoms with Crippen molar-refractivity contribution in [3.8, 4) is 0 Å². The SMILES string of the molecule is CC(N)CCCc1ccc(Cl)c(Cl)c1. The van der Waals surface area contributed by atoms with E-state index in [9.17, 15) is 0 Å². The second-order valence-electron chi connectivity index (χ2n) is 3.62. The van der Waals surface area contributed by atoms with E-state index in [1.165, 1.54) is 5.56 Å². The summed E-state index contributed by atoms with van der Waals surface area (Å²) in [4.78, 5) is 0. The van der Waals surface area contributed by atoms with Crippen LogP contribution in [0.15, 0.2) is 18.2 Å². The number of halogens is 2. The van der Waals surface area contributed by atoms with Crippen LogP contribution in [0.3, 0.4) is 0 Å². The van der Waals surface area contributed by atoms with Crippen LogP contribution < -0.4 is 5.73 Å². The molecule has 14 heavy (non-hydrogen) atoms. The Labute approximate surface area is 95.2 Å². The number of rotatable bonds is 4. The zero-order valence-electron chi connectivity index (χ0n) is 8.26. The summed E-state index contributed by atoms with van der Waals surface area (Å²) in [5.74, 6) is 0. The molecule has 1 rings (SSSR count). The second kappa shape index (κ2) is 5.59. The highest BCUT2D eigenvalue weighted by molar-refractivity contribution is 6.42. The quantitative estimate of drug-likeness (QED) is 0.842. The van der Waals surface area contributed by atoms with Gasteiger partial charge >= 0.3 is 0 Å². The smallest absolute Gasteiger partial charge is 0.0595 e. The largest absolute Gasteiger partial charge is 0.328 e. The predicted octanol–water partition coefficient (Wildman–Crippen LogP) is 3.66. The lowest BCUT2D eigenvalue weighted by Gasteiger charge is -2.05. The van der Waals surface area contributed by atoms with Crippen molar-refractivity contribution in [3.05, 3.63) is 33.8 Å². The van der Waals surface area contributed by atoms with Crippen LogP contribution in [-0.2, 0) is 6.42 Å². The minimum atomic E-state index is 0.276. The van der Waals surface area contributed by atoms with Crippen LogP contribution in [0.25, 0.3) is 0 Å². The van der Waals surface area contributed by atoms with Crippen molar-refractivity contribution in [1.82, 2.24) is 0 Å². The van der Waals surface area contributed by atoms with Crippen LogP contribution in [0.1, 0.15) is 25.3 Å². The molecule has 0 saturated carbocycles. The average Bonchev–Trinajstić information content (AvgIpc) is 2.10. The Morgan fingerprint density at radius 2 is 2.00 bits per heavy atom. The van der Waals surface area contributed by atoms with E-state index in [0.717, 1.165) is 19.3 Å². The Balaban J connectivity index is 2.47. The summed E-state index contributed by atoms with van der Waals surface area (Å²) in [6.07, 6.45) is 3.15. The van der Waals surface area contributed by atoms with E-state index >= 15 is 0 Å². The van der Waals surface area contributed by atoms with Gasteiger partial charge in [0, 0.05) is 6.04 Å². The maximum atomic E-state index is 5.90. The van der Waals surface area contributed by atoms with Gasteiger partial charge in [0.1, 0.15) is 0 Å². The van der Waals surface area contributed by atoms with Gasteiger partial charge in [0.15, 0.2) is 0 Å². The van der Waals surface area contributed by atoms with E-state index in [0.29, 0.717) is 10.0 Å². The number of benzene rings is 1. The summed E-state index contributed by atoms with van der Waals surface area (Å²) in [6, 6.07) is 6.05. The van der Waals surface area contributed by atoms with Crippen LogP contribution >= 0.6 is 23.2 Å². The molecule has 0 aromatic heterocycles. The number of aryl methyl sites for hydroxylation is 1. The summed E-state index contributed by atoms with van der Waals surface area (Å²) >= 11 is 11.7. The summed E-state index contributed by atoms with van der Waals surface area (Å²) in [5, 5.41) is 1.24. The maximum Gasteiger partial charge on any atom is 0.0595 e. The Morgan fingerprint density at radius 1 is 1.29 bits per heavy atom. The van der Waals surface area contributed by atoms with Crippen LogP contribution in [0.5, 0.6) is 0 Å². The Morgan fingerprint density at radius 3 is 2.57 bits per heavy atom. The van der Waals surface area contributed by atoms with Crippen LogP contribution in [0.4, 0.5) is 0 Å². The van der Waals surface area contributed by atoms with Gasteiger partial charge in [-0.1, -0.05) is 29.3 Å². The van der Waals surface area contributed by atoms with Crippen LogP contribution in [-0.4, -0.2) is 6.04 Å². The highest BCUT2D eigenvalue weighted by atomic mass is 35.5. The fraction of sp³-hybridized carbons (Fsp3) is 0.455. The number of hydrogen-bond donors (Lipinski definition) is 1. The van der Waals surface area contributed by atoms with Gasteiger partial charge in [-0.25, -0.2) is 0 Å². The normalized spacial score (nSPS) is 12.9. The van der Waals surface area contributed by atoms with Crippen molar-refractivity contribution < 1.29 is 0 Å². The van der Waals surface area contributed by atoms with E-state index in [1.54, 1.807) is 0 Å². The van der Waals surface area contributed by atoms with Crippen molar-refractivity contribution in [2.45, 2.75) is 32.2 Å². The summed E-state index contributed by atoms with van der Waals surface area (Å²) in [7, 11) is 0. The molecule has 0 aliphatic carbocycles. The summed E-state index contributed by atoms with van der Waals surface area (Å²) in [5.41, 5.74) is 6.89. The van der Waals surface area contributed by atoms with Crippen molar-refractivity contribution in [2.24, 2.45) is 5.73 Å². The third-order valence-electron chi connectivity index (χ3n) is 2.11. The maximum absolute atomic E-state index is 5.90. The fourth-order valence-electron chi connectivity index (χ4n) is 1.32. The van der Waals surface area contributed by atoms with E-state index in [1.807, 2.05) is 25.1 Å². The van der Waals surface area contributed by atoms with Crippen molar-refractivity contribution >= 4 is 23.2 Å². The first kappa shape index (κ1) is 11.8. The molecule has 0 saturated heterocycles. The lowest BCUT2D eigenvalue weighted by Crippen LogP contribution is -2.14. The molecule has 1 nitrogen and oxygen atoms in total. The Kier molecular flexibility index (Phi) is 4.73. The molecule has 78 valence electrons. The Hall–Kier alpha value is -0.240. The minimum absolute atomic E-state index is 0.276. The first-order valence-corrected chi connectivity index (χ1v) is 5.54. The molecule has 0 bridgehead atoms. The second-order valence-corrected chi connectivity index (χ2v) is 4.43. The molecule has 0 fully saturated rings. The lowest BCUT2D eigenvalue weighted by atomic mass is 10.1. The zero-order valence-corrected chi connectivity index (χ0v) is 9.78. The third kappa shape index (κ3) is 3.87. The molecular weight excluding hydrogens is 217 g/mol. The molecule has 1 aromatic carbocycles. The van der Waals surface area contributed by atoms with E-state index in [4.69, 9.17) is 28.9 Å². The van der Waals surface area contributed by atoms with Crippen molar-refractivity contribution in [1.29, 1.82) is 0 Å². The van der Waals surface area contributed by atoms with E-state index < -0.39 is 0 Å². The summed E-state index contributed by atoms with van der Waals surface area (Å²) < 4.78 is 0. The van der Waals surface area contributed by atoms with Gasteiger partial charge in [0.25, 0.3) is 0 Å². The monoisotopic (exact) mass is 231 g/mol. The highest BCUT2D eigenvalue weighted by Crippen LogP contribution is 2.23. The van der Waals surface area contributed by atoms with Crippen molar-refractivity contribution in [2.75, 3.05) is 0 Å². The van der Waals surface area contributed by atoms with Gasteiger partial charge in [-0.2, -0.15) is 0 Å². The predicted molar refractivity (Wildman–Crippen MR) is 63.0 cm³/mol. The molecular formula is C11H15Cl2N. The average molecular weight is 232 g/mol. The number of hydrogen-bond acceptors (Lipinski definition) is 1. The van der Waals surface area contributed by atoms with Crippen molar-refractivity contribution in [3.63, 3.8) is 0 Å². The fourth-order valence-corrected chi connectivity index (χ4v) is 1.64. The molecule has 2 N–H and O–H groups in total. The molecule has 0 aliphatic heterocycles. The molecule has 1 unspecified atom stereocenters. The van der Waals surface area contributed by atoms with Crippen LogP contribution in [0.2, 0.25) is 10.0 Å². The van der Waals surface area contributed by atoms with Gasteiger partial charge in [0.2, 0.25) is 0 Å². The summed E-state index contributed by atoms with van der Waals surface area (Å²) in [6.45, 7) is 2.02. The molecule has 3 heteroatoms. The molecule has 0 spiro atoms. The van der Waals surface area contributed by atoms with E-state index in [2.05, 4.69) is 0 Å². The van der Waals surface area contributed by atoms with Gasteiger partial charge in [-0.3, -0.25) is 0 Å². The standard InChI is InChI=1S/C11H15Cl2N/c1-8(14)3-2-4-9-5-6-10(12)11(13)7-9/h5-8H,2-4,14H2,1H3. The van der Waals surface area contributed by atoms with Crippen LogP contribution in [0, 0.1) is 0 Å². The highest BCUT2D eigenvalue weighted by Gasteiger charge is 2.00. The van der Waals surface area contributed by atoms with Gasteiger partial charge in [-0.15, -0.1) is 0 Å².